The smallest absolute Gasteiger partial charge is 0.256 e. The van der Waals surface area contributed by atoms with Gasteiger partial charge in [-0.15, -0.1) is 0 Å². The monoisotopic (exact) mass is 416 g/mol. The molecule has 0 aliphatic heterocycles. The molecule has 1 amide bonds. The highest BCUT2D eigenvalue weighted by Gasteiger charge is 2.14. The van der Waals surface area contributed by atoms with Crippen LogP contribution in [0.5, 0.6) is 0 Å². The molecule has 0 atom stereocenters. The van der Waals surface area contributed by atoms with Gasteiger partial charge >= 0.3 is 0 Å². The van der Waals surface area contributed by atoms with Crippen molar-refractivity contribution in [2.75, 3.05) is 5.32 Å². The zero-order valence-electron chi connectivity index (χ0n) is 14.7. The van der Waals surface area contributed by atoms with E-state index < -0.39 is 0 Å². The van der Waals surface area contributed by atoms with E-state index in [1.807, 2.05) is 85.8 Å². The second-order valence-electron chi connectivity index (χ2n) is 6.40. The lowest BCUT2D eigenvalue weighted by Gasteiger charge is -2.11. The molecule has 27 heavy (non-hydrogen) atoms. The van der Waals surface area contributed by atoms with E-state index in [9.17, 15) is 4.79 Å². The zero-order valence-corrected chi connectivity index (χ0v) is 16.3. The van der Waals surface area contributed by atoms with Crippen LogP contribution in [-0.2, 0) is 0 Å². The van der Waals surface area contributed by atoms with Crippen LogP contribution in [-0.4, -0.2) is 10.9 Å². The Morgan fingerprint density at radius 2 is 1.70 bits per heavy atom. The molecule has 0 radical (unpaired) electrons. The van der Waals surface area contributed by atoms with Crippen molar-refractivity contribution in [1.82, 2.24) is 4.98 Å². The van der Waals surface area contributed by atoms with Crippen LogP contribution in [0.3, 0.4) is 0 Å². The molecule has 0 aliphatic rings. The van der Waals surface area contributed by atoms with Gasteiger partial charge < -0.3 is 5.32 Å². The molecule has 3 aromatic carbocycles. The third kappa shape index (κ3) is 3.76. The van der Waals surface area contributed by atoms with E-state index in [2.05, 4.69) is 21.2 Å². The first-order chi connectivity index (χ1) is 13.1. The molecule has 0 unspecified atom stereocenters. The number of nitrogens with zero attached hydrogens (tertiary/aromatic N) is 1. The summed E-state index contributed by atoms with van der Waals surface area (Å²) >= 11 is 3.50. The lowest BCUT2D eigenvalue weighted by molar-refractivity contribution is 0.102. The van der Waals surface area contributed by atoms with Crippen LogP contribution in [0, 0.1) is 6.92 Å². The van der Waals surface area contributed by atoms with Crippen molar-refractivity contribution in [1.29, 1.82) is 0 Å². The fraction of sp³-hybridized carbons (Fsp3) is 0.0435. The number of pyridine rings is 1. The largest absolute Gasteiger partial charge is 0.322 e. The number of hydrogen-bond acceptors (Lipinski definition) is 2. The number of aryl methyl sites for hydroxylation is 1. The van der Waals surface area contributed by atoms with E-state index in [0.29, 0.717) is 5.56 Å². The number of para-hydroxylation sites is 1. The van der Waals surface area contributed by atoms with Gasteiger partial charge in [0.15, 0.2) is 0 Å². The molecule has 4 heteroatoms. The standard InChI is InChI=1S/C23H17BrN2O/c1-15-9-11-18(12-10-15)25-23(27)20-14-22(16-5-4-6-17(24)13-16)26-21-8-3-2-7-19(20)21/h2-14H,1H3,(H,25,27). The van der Waals surface area contributed by atoms with Crippen LogP contribution in [0.4, 0.5) is 5.69 Å². The summed E-state index contributed by atoms with van der Waals surface area (Å²) in [6, 6.07) is 25.3. The fourth-order valence-electron chi connectivity index (χ4n) is 2.99. The van der Waals surface area contributed by atoms with Crippen LogP contribution < -0.4 is 5.32 Å². The molecule has 0 saturated heterocycles. The van der Waals surface area contributed by atoms with E-state index in [4.69, 9.17) is 4.98 Å². The van der Waals surface area contributed by atoms with Gasteiger partial charge in [0.1, 0.15) is 0 Å². The van der Waals surface area contributed by atoms with Crippen LogP contribution in [0.25, 0.3) is 22.2 Å². The highest BCUT2D eigenvalue weighted by Crippen LogP contribution is 2.27. The minimum atomic E-state index is -0.145. The zero-order chi connectivity index (χ0) is 18.8. The molecule has 1 heterocycles. The number of hydrogen-bond donors (Lipinski definition) is 1. The summed E-state index contributed by atoms with van der Waals surface area (Å²) in [6.45, 7) is 2.02. The Hall–Kier alpha value is -2.98. The molecular weight excluding hydrogens is 400 g/mol. The number of aromatic nitrogens is 1. The number of benzene rings is 3. The molecule has 0 bridgehead atoms. The van der Waals surface area contributed by atoms with Gasteiger partial charge in [-0.05, 0) is 43.3 Å². The lowest BCUT2D eigenvalue weighted by Crippen LogP contribution is -2.13. The summed E-state index contributed by atoms with van der Waals surface area (Å²) in [5, 5.41) is 3.83. The molecule has 0 spiro atoms. The van der Waals surface area contributed by atoms with Gasteiger partial charge in [0, 0.05) is 21.1 Å². The quantitative estimate of drug-likeness (QED) is 0.430. The van der Waals surface area contributed by atoms with Crippen LogP contribution >= 0.6 is 15.9 Å². The number of anilines is 1. The summed E-state index contributed by atoms with van der Waals surface area (Å²) < 4.78 is 0.973. The third-order valence-corrected chi connectivity index (χ3v) is 4.88. The molecule has 0 fully saturated rings. The molecule has 4 aromatic rings. The molecule has 1 aromatic heterocycles. The number of nitrogens with one attached hydrogen (secondary N) is 1. The highest BCUT2D eigenvalue weighted by molar-refractivity contribution is 9.10. The Labute approximate surface area is 166 Å². The van der Waals surface area contributed by atoms with Crippen molar-refractivity contribution in [2.45, 2.75) is 6.92 Å². The predicted octanol–water partition coefficient (Wildman–Crippen LogP) is 6.23. The van der Waals surface area contributed by atoms with Crippen LogP contribution in [0.15, 0.2) is 83.3 Å². The lowest BCUT2D eigenvalue weighted by atomic mass is 10.0. The van der Waals surface area contributed by atoms with Crippen LogP contribution in [0.1, 0.15) is 15.9 Å². The van der Waals surface area contributed by atoms with Gasteiger partial charge in [0.2, 0.25) is 0 Å². The number of carbonyl (C=O) groups excluding carboxylic acids is 1. The average Bonchev–Trinajstić information content (AvgIpc) is 2.69. The number of fused-ring (bicyclic) bond motifs is 1. The minimum Gasteiger partial charge on any atom is -0.322 e. The van der Waals surface area contributed by atoms with Gasteiger partial charge in [-0.2, -0.15) is 0 Å². The predicted molar refractivity (Wildman–Crippen MR) is 114 cm³/mol. The van der Waals surface area contributed by atoms with E-state index >= 15 is 0 Å². The Morgan fingerprint density at radius 3 is 2.48 bits per heavy atom. The van der Waals surface area contributed by atoms with Crippen LogP contribution in [0.2, 0.25) is 0 Å². The third-order valence-electron chi connectivity index (χ3n) is 4.39. The first-order valence-electron chi connectivity index (χ1n) is 8.64. The minimum absolute atomic E-state index is 0.145. The summed E-state index contributed by atoms with van der Waals surface area (Å²) in [6.07, 6.45) is 0. The van der Waals surface area contributed by atoms with Crippen molar-refractivity contribution in [2.24, 2.45) is 0 Å². The fourth-order valence-corrected chi connectivity index (χ4v) is 3.39. The van der Waals surface area contributed by atoms with Crippen molar-refractivity contribution in [3.63, 3.8) is 0 Å². The maximum absolute atomic E-state index is 13.0. The molecule has 0 aliphatic carbocycles. The van der Waals surface area contributed by atoms with E-state index in [1.165, 1.54) is 0 Å². The molecule has 3 nitrogen and oxygen atoms in total. The maximum Gasteiger partial charge on any atom is 0.256 e. The van der Waals surface area contributed by atoms with Gasteiger partial charge in [0.05, 0.1) is 16.8 Å². The summed E-state index contributed by atoms with van der Waals surface area (Å²) in [7, 11) is 0. The summed E-state index contributed by atoms with van der Waals surface area (Å²) in [5.41, 5.74) is 5.05. The van der Waals surface area contributed by atoms with Gasteiger partial charge in [0.25, 0.3) is 5.91 Å². The first kappa shape index (κ1) is 17.4. The SMILES string of the molecule is Cc1ccc(NC(=O)c2cc(-c3cccc(Br)c3)nc3ccccc23)cc1. The van der Waals surface area contributed by atoms with Crippen molar-refractivity contribution in [3.05, 3.63) is 94.5 Å². The van der Waals surface area contributed by atoms with E-state index in [0.717, 1.165) is 37.9 Å². The number of halogens is 1. The first-order valence-corrected chi connectivity index (χ1v) is 9.43. The van der Waals surface area contributed by atoms with Gasteiger partial charge in [-0.3, -0.25) is 4.79 Å². The molecule has 0 saturated carbocycles. The molecule has 4 rings (SSSR count). The normalized spacial score (nSPS) is 10.7. The topological polar surface area (TPSA) is 42.0 Å². The Kier molecular flexibility index (Phi) is 4.73. The second-order valence-corrected chi connectivity index (χ2v) is 7.32. The van der Waals surface area contributed by atoms with E-state index in [1.54, 1.807) is 0 Å². The summed E-state index contributed by atoms with van der Waals surface area (Å²) in [4.78, 5) is 17.8. The van der Waals surface area contributed by atoms with Crippen molar-refractivity contribution >= 4 is 38.4 Å². The number of amides is 1. The molecular formula is C23H17BrN2O. The van der Waals surface area contributed by atoms with E-state index in [-0.39, 0.29) is 5.91 Å². The van der Waals surface area contributed by atoms with Gasteiger partial charge in [-0.25, -0.2) is 4.98 Å². The Balaban J connectivity index is 1.80. The Bertz CT molecular complexity index is 1140. The second kappa shape index (κ2) is 7.33. The number of rotatable bonds is 3. The average molecular weight is 417 g/mol. The van der Waals surface area contributed by atoms with Crippen molar-refractivity contribution < 1.29 is 4.79 Å². The Morgan fingerprint density at radius 1 is 0.926 bits per heavy atom. The highest BCUT2D eigenvalue weighted by atomic mass is 79.9. The van der Waals surface area contributed by atoms with Gasteiger partial charge in [-0.1, -0.05) is 64.0 Å². The maximum atomic E-state index is 13.0. The summed E-state index contributed by atoms with van der Waals surface area (Å²) in [5.74, 6) is -0.145. The molecule has 132 valence electrons. The van der Waals surface area contributed by atoms with Crippen molar-refractivity contribution in [3.8, 4) is 11.3 Å². The molecule has 1 N–H and O–H groups in total. The number of carbonyl (C=O) groups is 1.